The second-order valence-corrected chi connectivity index (χ2v) is 4.95. The van der Waals surface area contributed by atoms with E-state index in [9.17, 15) is 9.50 Å². The summed E-state index contributed by atoms with van der Waals surface area (Å²) >= 11 is 0. The molecule has 2 aromatic rings. The van der Waals surface area contributed by atoms with Gasteiger partial charge in [0.05, 0.1) is 12.6 Å². The molecule has 1 atom stereocenters. The molecule has 5 nitrogen and oxygen atoms in total. The number of anilines is 1. The van der Waals surface area contributed by atoms with Crippen LogP contribution in [0.1, 0.15) is 13.8 Å². The first-order valence-corrected chi connectivity index (χ1v) is 6.72. The zero-order chi connectivity index (χ0) is 15.2. The van der Waals surface area contributed by atoms with E-state index in [1.54, 1.807) is 12.3 Å². The van der Waals surface area contributed by atoms with Gasteiger partial charge in [0.1, 0.15) is 11.6 Å². The van der Waals surface area contributed by atoms with Gasteiger partial charge in [-0.25, -0.2) is 9.37 Å². The lowest BCUT2D eigenvalue weighted by Crippen LogP contribution is -2.30. The number of aliphatic hydroxyl groups is 1. The van der Waals surface area contributed by atoms with Crippen LogP contribution in [0.25, 0.3) is 0 Å². The summed E-state index contributed by atoms with van der Waals surface area (Å²) in [5.74, 6) is 1.13. The Balaban J connectivity index is 2.08. The molecule has 0 radical (unpaired) electrons. The van der Waals surface area contributed by atoms with Gasteiger partial charge in [-0.15, -0.1) is 0 Å². The number of nitrogens with zero attached hydrogens (tertiary/aromatic N) is 2. The number of aromatic nitrogens is 2. The van der Waals surface area contributed by atoms with Crippen LogP contribution < -0.4 is 10.1 Å². The third-order valence-electron chi connectivity index (χ3n) is 2.98. The molecule has 2 N–H and O–H groups in total. The summed E-state index contributed by atoms with van der Waals surface area (Å²) in [6.07, 6.45) is 1.56. The highest BCUT2D eigenvalue weighted by atomic mass is 19.1. The molecule has 0 fully saturated rings. The maximum atomic E-state index is 12.8. The molecule has 21 heavy (non-hydrogen) atoms. The van der Waals surface area contributed by atoms with Crippen molar-refractivity contribution in [3.8, 4) is 11.6 Å². The lowest BCUT2D eigenvalue weighted by atomic mass is 10.1. The summed E-state index contributed by atoms with van der Waals surface area (Å²) in [7, 11) is 0. The molecular weight excluding hydrogens is 273 g/mol. The molecule has 1 aromatic heterocycles. The SMILES string of the molecule is CC(C)[C@@H](CO)Nc1nccc(Oc2ccc(F)cc2)n1. The first-order valence-electron chi connectivity index (χ1n) is 6.72. The van der Waals surface area contributed by atoms with Gasteiger partial charge in [0, 0.05) is 12.3 Å². The van der Waals surface area contributed by atoms with Crippen molar-refractivity contribution in [1.82, 2.24) is 9.97 Å². The van der Waals surface area contributed by atoms with Crippen LogP contribution in [0.5, 0.6) is 11.6 Å². The normalized spacial score (nSPS) is 12.2. The van der Waals surface area contributed by atoms with Crippen LogP contribution in [-0.4, -0.2) is 27.7 Å². The van der Waals surface area contributed by atoms with E-state index in [0.29, 0.717) is 17.6 Å². The fourth-order valence-corrected chi connectivity index (χ4v) is 1.68. The average Bonchev–Trinajstić information content (AvgIpc) is 2.47. The zero-order valence-corrected chi connectivity index (χ0v) is 12.0. The van der Waals surface area contributed by atoms with E-state index in [-0.39, 0.29) is 24.4 Å². The summed E-state index contributed by atoms with van der Waals surface area (Å²) in [5.41, 5.74) is 0. The quantitative estimate of drug-likeness (QED) is 0.856. The van der Waals surface area contributed by atoms with E-state index in [4.69, 9.17) is 4.74 Å². The highest BCUT2D eigenvalue weighted by Gasteiger charge is 2.13. The maximum Gasteiger partial charge on any atom is 0.226 e. The molecule has 0 aliphatic carbocycles. The van der Waals surface area contributed by atoms with Gasteiger partial charge in [-0.3, -0.25) is 0 Å². The van der Waals surface area contributed by atoms with Gasteiger partial charge in [0.25, 0.3) is 0 Å². The molecule has 2 rings (SSSR count). The van der Waals surface area contributed by atoms with Crippen LogP contribution in [0.3, 0.4) is 0 Å². The Hall–Kier alpha value is -2.21. The molecule has 0 amide bonds. The monoisotopic (exact) mass is 291 g/mol. The largest absolute Gasteiger partial charge is 0.439 e. The standard InChI is InChI=1S/C15H18FN3O2/c1-10(2)13(9-20)18-15-17-8-7-14(19-15)21-12-5-3-11(16)4-6-12/h3-8,10,13,20H,9H2,1-2H3,(H,17,18,19)/t13-/m1/s1. The molecule has 6 heteroatoms. The molecule has 1 aromatic carbocycles. The number of benzene rings is 1. The number of hydrogen-bond donors (Lipinski definition) is 2. The molecule has 0 saturated carbocycles. The van der Waals surface area contributed by atoms with Crippen molar-refractivity contribution in [2.24, 2.45) is 5.92 Å². The Morgan fingerprint density at radius 1 is 1.24 bits per heavy atom. The van der Waals surface area contributed by atoms with Crippen LogP contribution in [-0.2, 0) is 0 Å². The van der Waals surface area contributed by atoms with Crippen LogP contribution in [0.15, 0.2) is 36.5 Å². The van der Waals surface area contributed by atoms with E-state index >= 15 is 0 Å². The van der Waals surface area contributed by atoms with Gasteiger partial charge in [0.15, 0.2) is 0 Å². The summed E-state index contributed by atoms with van der Waals surface area (Å²) in [5, 5.41) is 12.4. The van der Waals surface area contributed by atoms with Crippen molar-refractivity contribution >= 4 is 5.95 Å². The van der Waals surface area contributed by atoms with Gasteiger partial charge in [0.2, 0.25) is 11.8 Å². The predicted molar refractivity (Wildman–Crippen MR) is 77.8 cm³/mol. The zero-order valence-electron chi connectivity index (χ0n) is 12.0. The van der Waals surface area contributed by atoms with Crippen molar-refractivity contribution in [3.63, 3.8) is 0 Å². The minimum Gasteiger partial charge on any atom is -0.439 e. The van der Waals surface area contributed by atoms with E-state index in [0.717, 1.165) is 0 Å². The van der Waals surface area contributed by atoms with Gasteiger partial charge >= 0.3 is 0 Å². The second-order valence-electron chi connectivity index (χ2n) is 4.95. The van der Waals surface area contributed by atoms with Gasteiger partial charge in [-0.1, -0.05) is 13.8 Å². The van der Waals surface area contributed by atoms with Crippen molar-refractivity contribution in [2.45, 2.75) is 19.9 Å². The summed E-state index contributed by atoms with van der Waals surface area (Å²) in [6, 6.07) is 7.15. The van der Waals surface area contributed by atoms with Crippen molar-refractivity contribution in [3.05, 3.63) is 42.3 Å². The topological polar surface area (TPSA) is 67.3 Å². The first-order chi connectivity index (χ1) is 10.1. The summed E-state index contributed by atoms with van der Waals surface area (Å²) < 4.78 is 18.4. The Morgan fingerprint density at radius 2 is 1.95 bits per heavy atom. The van der Waals surface area contributed by atoms with Crippen LogP contribution >= 0.6 is 0 Å². The van der Waals surface area contributed by atoms with E-state index in [1.165, 1.54) is 24.3 Å². The molecule has 0 saturated heterocycles. The van der Waals surface area contributed by atoms with Crippen LogP contribution in [0.2, 0.25) is 0 Å². The third kappa shape index (κ3) is 4.39. The fraction of sp³-hybridized carbons (Fsp3) is 0.333. The number of nitrogens with one attached hydrogen (secondary N) is 1. The predicted octanol–water partition coefficient (Wildman–Crippen LogP) is 2.84. The van der Waals surface area contributed by atoms with Crippen LogP contribution in [0.4, 0.5) is 10.3 Å². The number of rotatable bonds is 6. The summed E-state index contributed by atoms with van der Waals surface area (Å²) in [6.45, 7) is 3.98. The Kier molecular flexibility index (Phi) is 5.05. The Labute approximate surface area is 122 Å². The molecule has 0 unspecified atom stereocenters. The number of halogens is 1. The molecule has 0 aliphatic rings. The lowest BCUT2D eigenvalue weighted by Gasteiger charge is -2.19. The van der Waals surface area contributed by atoms with Crippen LogP contribution in [0, 0.1) is 11.7 Å². The molecule has 1 heterocycles. The maximum absolute atomic E-state index is 12.8. The van der Waals surface area contributed by atoms with Crippen molar-refractivity contribution in [2.75, 3.05) is 11.9 Å². The third-order valence-corrected chi connectivity index (χ3v) is 2.98. The number of hydrogen-bond acceptors (Lipinski definition) is 5. The lowest BCUT2D eigenvalue weighted by molar-refractivity contribution is 0.248. The molecule has 0 spiro atoms. The van der Waals surface area contributed by atoms with Gasteiger partial charge in [-0.2, -0.15) is 4.98 Å². The fourth-order valence-electron chi connectivity index (χ4n) is 1.68. The first kappa shape index (κ1) is 15.2. The molecule has 0 bridgehead atoms. The van der Waals surface area contributed by atoms with E-state index in [2.05, 4.69) is 15.3 Å². The summed E-state index contributed by atoms with van der Waals surface area (Å²) in [4.78, 5) is 8.30. The number of ether oxygens (including phenoxy) is 1. The Morgan fingerprint density at radius 3 is 2.57 bits per heavy atom. The van der Waals surface area contributed by atoms with E-state index in [1.807, 2.05) is 13.8 Å². The minimum atomic E-state index is -0.324. The molecular formula is C15H18FN3O2. The van der Waals surface area contributed by atoms with Crippen molar-refractivity contribution < 1.29 is 14.2 Å². The number of aliphatic hydroxyl groups excluding tert-OH is 1. The second kappa shape index (κ2) is 6.99. The Bertz CT molecular complexity index is 575. The molecule has 0 aliphatic heterocycles. The van der Waals surface area contributed by atoms with E-state index < -0.39 is 0 Å². The molecule has 112 valence electrons. The average molecular weight is 291 g/mol. The highest BCUT2D eigenvalue weighted by molar-refractivity contribution is 5.32. The van der Waals surface area contributed by atoms with Gasteiger partial charge in [-0.05, 0) is 30.2 Å². The smallest absolute Gasteiger partial charge is 0.226 e. The minimum absolute atomic E-state index is 0.00985. The van der Waals surface area contributed by atoms with Crippen molar-refractivity contribution in [1.29, 1.82) is 0 Å². The highest BCUT2D eigenvalue weighted by Crippen LogP contribution is 2.20. The van der Waals surface area contributed by atoms with Gasteiger partial charge < -0.3 is 15.2 Å².